The Morgan fingerprint density at radius 3 is 2.45 bits per heavy atom. The molecule has 122 valence electrons. The van der Waals surface area contributed by atoms with Crippen molar-refractivity contribution in [2.75, 3.05) is 39.8 Å². The van der Waals surface area contributed by atoms with E-state index in [0.29, 0.717) is 32.8 Å². The first-order valence-electron chi connectivity index (χ1n) is 7.11. The molecule has 1 aliphatic heterocycles. The number of carbonyl (C=O) groups is 1. The summed E-state index contributed by atoms with van der Waals surface area (Å²) in [6.45, 7) is 4.25. The van der Waals surface area contributed by atoms with Gasteiger partial charge in [-0.1, -0.05) is 0 Å². The summed E-state index contributed by atoms with van der Waals surface area (Å²) in [5.41, 5.74) is 5.40. The highest BCUT2D eigenvalue weighted by Crippen LogP contribution is 2.28. The minimum atomic E-state index is -3.72. The summed E-state index contributed by atoms with van der Waals surface area (Å²) in [5.74, 6) is -0.427. The number of piperazine rings is 1. The molecule has 0 atom stereocenters. The average molecular weight is 327 g/mol. The number of hydrogen-bond acceptors (Lipinski definition) is 5. The zero-order chi connectivity index (χ0) is 16.3. The van der Waals surface area contributed by atoms with Gasteiger partial charge in [-0.25, -0.2) is 8.42 Å². The molecular formula is C14H21N3O4S. The van der Waals surface area contributed by atoms with Gasteiger partial charge in [-0.15, -0.1) is 0 Å². The maximum atomic E-state index is 12.8. The van der Waals surface area contributed by atoms with Crippen LogP contribution in [-0.4, -0.2) is 63.4 Å². The van der Waals surface area contributed by atoms with Crippen molar-refractivity contribution in [1.82, 2.24) is 9.21 Å². The van der Waals surface area contributed by atoms with E-state index in [1.807, 2.05) is 7.05 Å². The van der Waals surface area contributed by atoms with Crippen LogP contribution < -0.4 is 10.5 Å². The van der Waals surface area contributed by atoms with Crippen molar-refractivity contribution in [2.24, 2.45) is 5.73 Å². The Balaban J connectivity index is 2.43. The second-order valence-corrected chi connectivity index (χ2v) is 7.07. The maximum Gasteiger partial charge on any atom is 0.248 e. The molecule has 0 radical (unpaired) electrons. The van der Waals surface area contributed by atoms with Gasteiger partial charge < -0.3 is 15.4 Å². The van der Waals surface area contributed by atoms with E-state index in [1.54, 1.807) is 6.92 Å². The molecule has 1 aromatic carbocycles. The Morgan fingerprint density at radius 1 is 1.27 bits per heavy atom. The Kier molecular flexibility index (Phi) is 5.05. The van der Waals surface area contributed by atoms with Gasteiger partial charge in [0.1, 0.15) is 10.6 Å². The lowest BCUT2D eigenvalue weighted by Gasteiger charge is -2.31. The highest BCUT2D eigenvalue weighted by Gasteiger charge is 2.30. The van der Waals surface area contributed by atoms with Crippen molar-refractivity contribution in [1.29, 1.82) is 0 Å². The van der Waals surface area contributed by atoms with E-state index in [9.17, 15) is 13.2 Å². The summed E-state index contributed by atoms with van der Waals surface area (Å²) in [6, 6.07) is 4.24. The molecular weight excluding hydrogens is 306 g/mol. The minimum absolute atomic E-state index is 0.00444. The van der Waals surface area contributed by atoms with Crippen LogP contribution in [0.4, 0.5) is 0 Å². The number of primary amides is 1. The topological polar surface area (TPSA) is 92.9 Å². The van der Waals surface area contributed by atoms with E-state index >= 15 is 0 Å². The van der Waals surface area contributed by atoms with E-state index in [1.165, 1.54) is 22.5 Å². The molecule has 1 saturated heterocycles. The zero-order valence-corrected chi connectivity index (χ0v) is 13.6. The fourth-order valence-corrected chi connectivity index (χ4v) is 3.88. The molecule has 1 aromatic rings. The summed E-state index contributed by atoms with van der Waals surface area (Å²) in [6.07, 6.45) is 0. The third-order valence-corrected chi connectivity index (χ3v) is 5.53. The quantitative estimate of drug-likeness (QED) is 0.829. The van der Waals surface area contributed by atoms with Gasteiger partial charge in [-0.3, -0.25) is 4.79 Å². The lowest BCUT2D eigenvalue weighted by Crippen LogP contribution is -2.47. The van der Waals surface area contributed by atoms with Crippen LogP contribution >= 0.6 is 0 Å². The molecule has 0 spiro atoms. The van der Waals surface area contributed by atoms with Crippen LogP contribution in [0.25, 0.3) is 0 Å². The summed E-state index contributed by atoms with van der Waals surface area (Å²) < 4.78 is 32.5. The summed E-state index contributed by atoms with van der Waals surface area (Å²) in [4.78, 5) is 13.4. The largest absolute Gasteiger partial charge is 0.492 e. The van der Waals surface area contributed by atoms with Gasteiger partial charge in [0.15, 0.2) is 0 Å². The Labute approximate surface area is 130 Å². The Hall–Kier alpha value is -1.64. The van der Waals surface area contributed by atoms with Crippen LogP contribution in [0.3, 0.4) is 0 Å². The van der Waals surface area contributed by atoms with Crippen molar-refractivity contribution in [3.63, 3.8) is 0 Å². The lowest BCUT2D eigenvalue weighted by molar-refractivity contribution is 0.1000. The number of carbonyl (C=O) groups excluding carboxylic acids is 1. The monoisotopic (exact) mass is 327 g/mol. The van der Waals surface area contributed by atoms with Crippen LogP contribution in [-0.2, 0) is 10.0 Å². The first kappa shape index (κ1) is 16.7. The number of sulfonamides is 1. The number of nitrogens with two attached hydrogens (primary N) is 1. The van der Waals surface area contributed by atoms with Gasteiger partial charge in [-0.05, 0) is 32.2 Å². The minimum Gasteiger partial charge on any atom is -0.492 e. The average Bonchev–Trinajstić information content (AvgIpc) is 2.48. The van der Waals surface area contributed by atoms with Gasteiger partial charge >= 0.3 is 0 Å². The highest BCUT2D eigenvalue weighted by molar-refractivity contribution is 7.89. The van der Waals surface area contributed by atoms with E-state index < -0.39 is 15.9 Å². The number of benzene rings is 1. The first-order valence-corrected chi connectivity index (χ1v) is 8.55. The normalized spacial score (nSPS) is 17.4. The van der Waals surface area contributed by atoms with E-state index in [4.69, 9.17) is 10.5 Å². The molecule has 1 fully saturated rings. The zero-order valence-electron chi connectivity index (χ0n) is 12.8. The third-order valence-electron chi connectivity index (χ3n) is 3.61. The number of nitrogens with zero attached hydrogens (tertiary/aromatic N) is 2. The molecule has 1 heterocycles. The van der Waals surface area contributed by atoms with Gasteiger partial charge in [0.25, 0.3) is 0 Å². The number of hydrogen-bond donors (Lipinski definition) is 1. The first-order chi connectivity index (χ1) is 10.4. The van der Waals surface area contributed by atoms with Crippen LogP contribution in [0.15, 0.2) is 23.1 Å². The number of likely N-dealkylation sites (N-methyl/N-ethyl adjacent to an activating group) is 1. The molecule has 8 heteroatoms. The van der Waals surface area contributed by atoms with Gasteiger partial charge in [0.05, 0.1) is 6.61 Å². The highest BCUT2D eigenvalue weighted by atomic mass is 32.2. The molecule has 0 bridgehead atoms. The number of rotatable bonds is 5. The molecule has 0 aromatic heterocycles. The van der Waals surface area contributed by atoms with Gasteiger partial charge in [-0.2, -0.15) is 4.31 Å². The molecule has 1 aliphatic rings. The lowest BCUT2D eigenvalue weighted by atomic mass is 10.2. The Bertz CT molecular complexity index is 652. The van der Waals surface area contributed by atoms with Crippen LogP contribution in [0, 0.1) is 0 Å². The van der Waals surface area contributed by atoms with E-state index in [2.05, 4.69) is 4.90 Å². The molecule has 0 unspecified atom stereocenters. The summed E-state index contributed by atoms with van der Waals surface area (Å²) in [7, 11) is -1.77. The van der Waals surface area contributed by atoms with Crippen molar-refractivity contribution < 1.29 is 17.9 Å². The van der Waals surface area contributed by atoms with Crippen molar-refractivity contribution >= 4 is 15.9 Å². The molecule has 0 saturated carbocycles. The predicted octanol–water partition coefficient (Wildman–Crippen LogP) is 0.120. The third kappa shape index (κ3) is 3.40. The summed E-state index contributed by atoms with van der Waals surface area (Å²) in [5, 5.41) is 0. The number of amides is 1. The fourth-order valence-electron chi connectivity index (χ4n) is 2.31. The maximum absolute atomic E-state index is 12.8. The molecule has 2 rings (SSSR count). The van der Waals surface area contributed by atoms with Gasteiger partial charge in [0.2, 0.25) is 15.9 Å². The Morgan fingerprint density at radius 2 is 1.91 bits per heavy atom. The molecule has 2 N–H and O–H groups in total. The van der Waals surface area contributed by atoms with E-state index in [0.717, 1.165) is 0 Å². The standard InChI is InChI=1S/C14H21N3O4S/c1-3-21-12-5-4-11(14(15)18)10-13(12)22(19,20)17-8-6-16(2)7-9-17/h4-5,10H,3,6-9H2,1-2H3,(H2,15,18). The second kappa shape index (κ2) is 6.64. The number of ether oxygens (including phenoxy) is 1. The molecule has 1 amide bonds. The summed E-state index contributed by atoms with van der Waals surface area (Å²) >= 11 is 0. The van der Waals surface area contributed by atoms with Crippen molar-refractivity contribution in [2.45, 2.75) is 11.8 Å². The SMILES string of the molecule is CCOc1ccc(C(N)=O)cc1S(=O)(=O)N1CCN(C)CC1. The molecule has 7 nitrogen and oxygen atoms in total. The second-order valence-electron chi connectivity index (χ2n) is 5.17. The molecule has 0 aliphatic carbocycles. The van der Waals surface area contributed by atoms with Crippen LogP contribution in [0.2, 0.25) is 0 Å². The van der Waals surface area contributed by atoms with Crippen molar-refractivity contribution in [3.8, 4) is 5.75 Å². The fraction of sp³-hybridized carbons (Fsp3) is 0.500. The van der Waals surface area contributed by atoms with Gasteiger partial charge in [0, 0.05) is 31.7 Å². The predicted molar refractivity (Wildman–Crippen MR) is 82.4 cm³/mol. The van der Waals surface area contributed by atoms with Crippen molar-refractivity contribution in [3.05, 3.63) is 23.8 Å². The van der Waals surface area contributed by atoms with Crippen LogP contribution in [0.5, 0.6) is 5.75 Å². The smallest absolute Gasteiger partial charge is 0.248 e. The molecule has 22 heavy (non-hydrogen) atoms. The van der Waals surface area contributed by atoms with E-state index in [-0.39, 0.29) is 16.2 Å². The van der Waals surface area contributed by atoms with Crippen LogP contribution in [0.1, 0.15) is 17.3 Å².